The molecule has 2 heterocycles. The minimum atomic E-state index is -4.11. The molecule has 0 radical (unpaired) electrons. The summed E-state index contributed by atoms with van der Waals surface area (Å²) in [6.45, 7) is 6.41. The summed E-state index contributed by atoms with van der Waals surface area (Å²) < 4.78 is 36.4. The van der Waals surface area contributed by atoms with Gasteiger partial charge in [-0.3, -0.25) is 9.59 Å². The molecule has 0 atom stereocenters. The van der Waals surface area contributed by atoms with E-state index in [2.05, 4.69) is 65.2 Å². The van der Waals surface area contributed by atoms with Crippen molar-refractivity contribution in [3.8, 4) is 28.1 Å². The van der Waals surface area contributed by atoms with Gasteiger partial charge in [-0.25, -0.2) is 9.29 Å². The number of benzene rings is 4. The Kier molecular flexibility index (Phi) is 13.4. The van der Waals surface area contributed by atoms with Gasteiger partial charge in [-0.05, 0) is 90.2 Å². The molecule has 10 nitrogen and oxygen atoms in total. The molecule has 5 aromatic rings. The zero-order valence-electron chi connectivity index (χ0n) is 31.5. The number of halogens is 3. The van der Waals surface area contributed by atoms with Crippen molar-refractivity contribution in [1.82, 2.24) is 13.9 Å². The van der Waals surface area contributed by atoms with E-state index >= 15 is 0 Å². The van der Waals surface area contributed by atoms with Crippen LogP contribution in [-0.2, 0) is 31.0 Å². The summed E-state index contributed by atoms with van der Waals surface area (Å²) in [4.78, 5) is 30.1. The summed E-state index contributed by atoms with van der Waals surface area (Å²) in [7, 11) is -5.48. The van der Waals surface area contributed by atoms with Gasteiger partial charge in [0.1, 0.15) is 19.1 Å². The molecule has 1 fully saturated rings. The van der Waals surface area contributed by atoms with Crippen molar-refractivity contribution in [2.24, 2.45) is 0 Å². The first kappa shape index (κ1) is 41.6. The molecule has 56 heavy (non-hydrogen) atoms. The van der Waals surface area contributed by atoms with Crippen LogP contribution < -0.4 is 9.62 Å². The van der Waals surface area contributed by atoms with Crippen molar-refractivity contribution in [1.29, 1.82) is 0 Å². The molecule has 294 valence electrons. The van der Waals surface area contributed by atoms with E-state index in [1.807, 2.05) is 41.1 Å². The van der Waals surface area contributed by atoms with Gasteiger partial charge in [0.15, 0.2) is 0 Å². The highest BCUT2D eigenvalue weighted by atomic mass is 79.9. The first-order valence-corrected chi connectivity index (χ1v) is 25.3. The lowest BCUT2D eigenvalue weighted by molar-refractivity contribution is -0.127. The number of amides is 2. The number of carbonyl (C=O) groups is 2. The molecule has 0 unspecified atom stereocenters. The first-order valence-electron chi connectivity index (χ1n) is 18.3. The predicted octanol–water partition coefficient (Wildman–Crippen LogP) is 9.81. The highest BCUT2D eigenvalue weighted by Crippen LogP contribution is 2.33. The number of alkyl halides is 1. The number of carbonyl (C=O) groups excluding carboxylic acids is 2. The monoisotopic (exact) mass is 895 g/mol. The summed E-state index contributed by atoms with van der Waals surface area (Å²) in [6.07, 6.45) is 4.67. The van der Waals surface area contributed by atoms with Gasteiger partial charge in [-0.15, -0.1) is 0 Å². The van der Waals surface area contributed by atoms with Crippen LogP contribution in [-0.4, -0.2) is 67.4 Å². The lowest BCUT2D eigenvalue weighted by atomic mass is 10.0. The van der Waals surface area contributed by atoms with Crippen molar-refractivity contribution in [2.75, 3.05) is 34.8 Å². The Morgan fingerprint density at radius 3 is 2.21 bits per heavy atom. The summed E-state index contributed by atoms with van der Waals surface area (Å²) in [5.41, 5.74) is 6.32. The van der Waals surface area contributed by atoms with E-state index in [0.717, 1.165) is 72.3 Å². The van der Waals surface area contributed by atoms with Gasteiger partial charge in [0.25, 0.3) is 5.91 Å². The van der Waals surface area contributed by atoms with Crippen molar-refractivity contribution in [3.05, 3.63) is 119 Å². The highest BCUT2D eigenvalue weighted by Gasteiger charge is 2.42. The minimum absolute atomic E-state index is 0.00979. The molecule has 1 aromatic heterocycles. The van der Waals surface area contributed by atoms with Crippen LogP contribution in [0.4, 0.5) is 11.4 Å². The Balaban J connectivity index is 1.21. The van der Waals surface area contributed by atoms with E-state index < -0.39 is 24.2 Å². The molecule has 2 amide bonds. The van der Waals surface area contributed by atoms with Gasteiger partial charge in [-0.2, -0.15) is 12.7 Å². The predicted molar refractivity (Wildman–Crippen MR) is 232 cm³/mol. The van der Waals surface area contributed by atoms with E-state index in [9.17, 15) is 18.0 Å². The maximum absolute atomic E-state index is 13.4. The summed E-state index contributed by atoms with van der Waals surface area (Å²) in [5.74, 6) is 0.204. The maximum atomic E-state index is 13.4. The van der Waals surface area contributed by atoms with Crippen LogP contribution in [0.1, 0.15) is 30.7 Å². The second kappa shape index (κ2) is 18.1. The van der Waals surface area contributed by atoms with Crippen LogP contribution in [0.3, 0.4) is 0 Å². The number of imidazole rings is 1. The molecule has 0 bridgehead atoms. The molecule has 1 saturated heterocycles. The number of unbranched alkanes of at least 4 members (excludes halogenated alkanes) is 1. The molecule has 0 spiro atoms. The lowest BCUT2D eigenvalue weighted by Crippen LogP contribution is -2.36. The zero-order valence-corrected chi connectivity index (χ0v) is 36.4. The summed E-state index contributed by atoms with van der Waals surface area (Å²) >= 11 is 16.2. The standard InChI is InChI=1S/C41H44BrCl2N5O5SSi/c1-56(2,3)23-22-54-28-49-41(51)27-48(55(49,52)53)35-18-16-34(17-19-35)47-26-38(36-20-13-32(43)25-37(36)44)46-39(47)24-29-7-9-30(10-8-29)31-11-14-33(15-12-31)45-40(50)6-4-5-21-42/h7-20,25-26H,4-6,21-24,27-28H2,1-3H3,(H,45,50). The number of rotatable bonds is 16. The van der Waals surface area contributed by atoms with Crippen molar-refractivity contribution in [3.63, 3.8) is 0 Å². The number of anilines is 2. The van der Waals surface area contributed by atoms with Gasteiger partial charge in [0, 0.05) is 61.0 Å². The Morgan fingerprint density at radius 1 is 0.911 bits per heavy atom. The van der Waals surface area contributed by atoms with Gasteiger partial charge < -0.3 is 14.6 Å². The van der Waals surface area contributed by atoms with Crippen molar-refractivity contribution < 1.29 is 22.7 Å². The molecular weight excluding hydrogens is 853 g/mol. The molecule has 1 aliphatic rings. The first-order chi connectivity index (χ1) is 26.7. The maximum Gasteiger partial charge on any atom is 0.331 e. The van der Waals surface area contributed by atoms with E-state index in [-0.39, 0.29) is 19.2 Å². The van der Waals surface area contributed by atoms with E-state index in [4.69, 9.17) is 32.9 Å². The minimum Gasteiger partial charge on any atom is -0.360 e. The van der Waals surface area contributed by atoms with Crippen molar-refractivity contribution in [2.45, 2.75) is 51.4 Å². The largest absolute Gasteiger partial charge is 0.360 e. The molecular formula is C41H44BrCl2N5O5SSi. The van der Waals surface area contributed by atoms with Crippen LogP contribution in [0.15, 0.2) is 97.2 Å². The zero-order chi connectivity index (χ0) is 40.0. The fourth-order valence-electron chi connectivity index (χ4n) is 6.14. The third-order valence-corrected chi connectivity index (χ3v) is 13.9. The molecule has 1 aliphatic heterocycles. The Labute approximate surface area is 348 Å². The summed E-state index contributed by atoms with van der Waals surface area (Å²) in [5, 5.41) is 4.83. The molecule has 4 aromatic carbocycles. The number of hydrogen-bond acceptors (Lipinski definition) is 6. The van der Waals surface area contributed by atoms with Crippen LogP contribution in [0.2, 0.25) is 35.7 Å². The Morgan fingerprint density at radius 2 is 1.57 bits per heavy atom. The fourth-order valence-corrected chi connectivity index (χ4v) is 9.22. The average Bonchev–Trinajstić information content (AvgIpc) is 3.66. The van der Waals surface area contributed by atoms with Crippen LogP contribution in [0.25, 0.3) is 28.1 Å². The second-order valence-electron chi connectivity index (χ2n) is 14.8. The Bertz CT molecular complexity index is 2280. The second-order valence-corrected chi connectivity index (χ2v) is 23.8. The number of hydrogen-bond donors (Lipinski definition) is 1. The van der Waals surface area contributed by atoms with E-state index in [1.165, 1.54) is 0 Å². The highest BCUT2D eigenvalue weighted by molar-refractivity contribution is 9.09. The third kappa shape index (κ3) is 10.3. The normalized spacial score (nSPS) is 14.1. The quantitative estimate of drug-likeness (QED) is 0.0600. The third-order valence-electron chi connectivity index (χ3n) is 9.33. The van der Waals surface area contributed by atoms with Gasteiger partial charge in [-0.1, -0.05) is 95.2 Å². The van der Waals surface area contributed by atoms with E-state index in [1.54, 1.807) is 36.4 Å². The van der Waals surface area contributed by atoms with Crippen LogP contribution >= 0.6 is 39.1 Å². The van der Waals surface area contributed by atoms with Gasteiger partial charge >= 0.3 is 10.2 Å². The number of nitrogens with one attached hydrogen (secondary N) is 1. The SMILES string of the molecule is C[Si](C)(C)CCOCN1C(=O)CN(c2ccc(-n3cc(-c4ccc(Cl)cc4Cl)nc3Cc3ccc(-c4ccc(NC(=O)CCCCBr)cc4)cc3)cc2)S1(=O)=O. The fraction of sp³-hybridized carbons (Fsp3) is 0.293. The van der Waals surface area contributed by atoms with Gasteiger partial charge in [0.05, 0.1) is 16.4 Å². The number of nitrogens with zero attached hydrogens (tertiary/aromatic N) is 4. The molecule has 0 saturated carbocycles. The molecule has 0 aliphatic carbocycles. The summed E-state index contributed by atoms with van der Waals surface area (Å²) in [6, 6.07) is 29.1. The van der Waals surface area contributed by atoms with Crippen molar-refractivity contribution >= 4 is 80.6 Å². The van der Waals surface area contributed by atoms with Gasteiger partial charge in [0.2, 0.25) is 5.91 Å². The molecule has 15 heteroatoms. The smallest absolute Gasteiger partial charge is 0.331 e. The topological polar surface area (TPSA) is 114 Å². The van der Waals surface area contributed by atoms with E-state index in [0.29, 0.717) is 40.9 Å². The lowest BCUT2D eigenvalue weighted by Gasteiger charge is -2.21. The number of aromatic nitrogens is 2. The van der Waals surface area contributed by atoms with Crippen LogP contribution in [0.5, 0.6) is 0 Å². The van der Waals surface area contributed by atoms with Crippen LogP contribution in [0, 0.1) is 0 Å². The average molecular weight is 898 g/mol. The molecule has 6 rings (SSSR count). The number of ether oxygens (including phenoxy) is 1. The molecule has 1 N–H and O–H groups in total. The Hall–Kier alpha value is -3.98.